The standard InChI is InChI=1S/C24H15BrFNO4S/c25-18-3-1-2-17(13-18)23(29)31-20-10-6-15(7-11-20)12-21-22(28)27(24(30)32-21)14-16-4-8-19(26)9-5-16/h1-13H,14H2/b21-12-. The van der Waals surface area contributed by atoms with Crippen LogP contribution in [0, 0.1) is 5.82 Å². The van der Waals surface area contributed by atoms with Gasteiger partial charge in [0.1, 0.15) is 11.6 Å². The Balaban J connectivity index is 1.43. The lowest BCUT2D eigenvalue weighted by Gasteiger charge is -2.12. The number of amides is 2. The van der Waals surface area contributed by atoms with Crippen LogP contribution in [0.15, 0.2) is 82.2 Å². The van der Waals surface area contributed by atoms with Crippen molar-refractivity contribution in [3.63, 3.8) is 0 Å². The first kappa shape index (κ1) is 22.0. The van der Waals surface area contributed by atoms with Crippen molar-refractivity contribution in [2.24, 2.45) is 0 Å². The topological polar surface area (TPSA) is 63.7 Å². The van der Waals surface area contributed by atoms with Gasteiger partial charge >= 0.3 is 5.97 Å². The van der Waals surface area contributed by atoms with Crippen molar-refractivity contribution in [1.82, 2.24) is 4.90 Å². The monoisotopic (exact) mass is 511 g/mol. The molecule has 3 aromatic carbocycles. The summed E-state index contributed by atoms with van der Waals surface area (Å²) in [7, 11) is 0. The van der Waals surface area contributed by atoms with E-state index in [0.717, 1.165) is 21.1 Å². The van der Waals surface area contributed by atoms with Gasteiger partial charge in [0.15, 0.2) is 0 Å². The molecule has 5 nitrogen and oxygen atoms in total. The zero-order valence-corrected chi connectivity index (χ0v) is 18.9. The minimum Gasteiger partial charge on any atom is -0.423 e. The highest BCUT2D eigenvalue weighted by molar-refractivity contribution is 9.10. The van der Waals surface area contributed by atoms with Gasteiger partial charge in [-0.1, -0.05) is 46.3 Å². The summed E-state index contributed by atoms with van der Waals surface area (Å²) in [6.45, 7) is 0.0762. The maximum Gasteiger partial charge on any atom is 0.343 e. The number of carbonyl (C=O) groups excluding carboxylic acids is 3. The van der Waals surface area contributed by atoms with Crippen LogP contribution in [0.5, 0.6) is 5.75 Å². The molecule has 0 aliphatic carbocycles. The molecule has 0 radical (unpaired) electrons. The summed E-state index contributed by atoms with van der Waals surface area (Å²) in [6.07, 6.45) is 1.61. The number of esters is 1. The van der Waals surface area contributed by atoms with E-state index in [-0.39, 0.29) is 22.5 Å². The summed E-state index contributed by atoms with van der Waals surface area (Å²) < 4.78 is 19.2. The van der Waals surface area contributed by atoms with Crippen molar-refractivity contribution < 1.29 is 23.5 Å². The molecule has 0 spiro atoms. The Morgan fingerprint density at radius 2 is 1.75 bits per heavy atom. The van der Waals surface area contributed by atoms with Crippen molar-refractivity contribution in [3.05, 3.63) is 105 Å². The SMILES string of the molecule is O=C(Oc1ccc(/C=C2\SC(=O)N(Cc3ccc(F)cc3)C2=O)cc1)c1cccc(Br)c1. The number of imide groups is 1. The first-order valence-corrected chi connectivity index (χ1v) is 11.1. The van der Waals surface area contributed by atoms with Gasteiger partial charge in [0.25, 0.3) is 11.1 Å². The summed E-state index contributed by atoms with van der Waals surface area (Å²) in [6, 6.07) is 19.1. The Morgan fingerprint density at radius 1 is 1.03 bits per heavy atom. The highest BCUT2D eigenvalue weighted by Gasteiger charge is 2.34. The number of ether oxygens (including phenoxy) is 1. The van der Waals surface area contributed by atoms with Crippen LogP contribution in [0.25, 0.3) is 6.08 Å². The van der Waals surface area contributed by atoms with E-state index in [9.17, 15) is 18.8 Å². The third-order valence-corrected chi connectivity index (χ3v) is 5.98. The largest absolute Gasteiger partial charge is 0.423 e. The molecule has 160 valence electrons. The molecule has 1 heterocycles. The van der Waals surface area contributed by atoms with Crippen LogP contribution in [-0.2, 0) is 11.3 Å². The molecule has 1 fully saturated rings. The van der Waals surface area contributed by atoms with Crippen LogP contribution in [0.1, 0.15) is 21.5 Å². The third kappa shape index (κ3) is 5.15. The fourth-order valence-electron chi connectivity index (χ4n) is 2.97. The fourth-order valence-corrected chi connectivity index (χ4v) is 4.21. The molecule has 0 bridgehead atoms. The second-order valence-electron chi connectivity index (χ2n) is 6.86. The number of hydrogen-bond donors (Lipinski definition) is 0. The predicted octanol–water partition coefficient (Wildman–Crippen LogP) is 6.04. The number of halogens is 2. The summed E-state index contributed by atoms with van der Waals surface area (Å²) >= 11 is 4.16. The van der Waals surface area contributed by atoms with E-state index >= 15 is 0 Å². The summed E-state index contributed by atoms with van der Waals surface area (Å²) in [5.74, 6) is -0.916. The molecule has 32 heavy (non-hydrogen) atoms. The molecule has 1 saturated heterocycles. The second kappa shape index (κ2) is 9.50. The predicted molar refractivity (Wildman–Crippen MR) is 123 cm³/mol. The van der Waals surface area contributed by atoms with E-state index in [4.69, 9.17) is 4.74 Å². The highest BCUT2D eigenvalue weighted by Crippen LogP contribution is 2.33. The number of carbonyl (C=O) groups is 3. The van der Waals surface area contributed by atoms with Gasteiger partial charge in [0.2, 0.25) is 0 Å². The lowest BCUT2D eigenvalue weighted by Crippen LogP contribution is -2.27. The lowest BCUT2D eigenvalue weighted by atomic mass is 10.2. The molecule has 1 aliphatic heterocycles. The molecule has 4 rings (SSSR count). The molecule has 0 atom stereocenters. The smallest absolute Gasteiger partial charge is 0.343 e. The zero-order chi connectivity index (χ0) is 22.7. The van der Waals surface area contributed by atoms with E-state index in [2.05, 4.69) is 15.9 Å². The van der Waals surface area contributed by atoms with E-state index in [1.165, 1.54) is 24.3 Å². The van der Waals surface area contributed by atoms with Gasteiger partial charge in [-0.3, -0.25) is 14.5 Å². The fraction of sp³-hybridized carbons (Fsp3) is 0.0417. The molecule has 0 unspecified atom stereocenters. The maximum absolute atomic E-state index is 13.1. The Hall–Kier alpha value is -3.23. The van der Waals surface area contributed by atoms with E-state index in [1.807, 2.05) is 6.07 Å². The van der Waals surface area contributed by atoms with Crippen molar-refractivity contribution in [3.8, 4) is 5.75 Å². The average molecular weight is 512 g/mol. The first-order valence-electron chi connectivity index (χ1n) is 9.47. The molecule has 1 aliphatic rings. The van der Waals surface area contributed by atoms with E-state index < -0.39 is 11.9 Å². The molecule has 0 aromatic heterocycles. The minimum atomic E-state index is -0.485. The Bertz CT molecular complexity index is 1230. The van der Waals surface area contributed by atoms with E-state index in [0.29, 0.717) is 22.4 Å². The molecule has 3 aromatic rings. The van der Waals surface area contributed by atoms with Crippen molar-refractivity contribution >= 4 is 50.9 Å². The van der Waals surface area contributed by atoms with Crippen LogP contribution in [0.4, 0.5) is 9.18 Å². The van der Waals surface area contributed by atoms with Gasteiger partial charge in [0, 0.05) is 4.47 Å². The normalized spacial score (nSPS) is 14.8. The summed E-state index contributed by atoms with van der Waals surface area (Å²) in [5.41, 5.74) is 1.75. The van der Waals surface area contributed by atoms with E-state index in [1.54, 1.807) is 48.5 Å². The molecule has 2 amide bonds. The van der Waals surface area contributed by atoms with Crippen LogP contribution in [0.3, 0.4) is 0 Å². The van der Waals surface area contributed by atoms with Gasteiger partial charge in [-0.05, 0) is 71.4 Å². The van der Waals surface area contributed by atoms with Gasteiger partial charge in [-0.25, -0.2) is 9.18 Å². The summed E-state index contributed by atoms with van der Waals surface area (Å²) in [4.78, 5) is 38.6. The van der Waals surface area contributed by atoms with Crippen molar-refractivity contribution in [1.29, 1.82) is 0 Å². The number of thioether (sulfide) groups is 1. The number of benzene rings is 3. The molecular formula is C24H15BrFNO4S. The third-order valence-electron chi connectivity index (χ3n) is 4.58. The van der Waals surface area contributed by atoms with Gasteiger partial charge in [0.05, 0.1) is 17.0 Å². The first-order chi connectivity index (χ1) is 15.4. The van der Waals surface area contributed by atoms with Crippen molar-refractivity contribution in [2.45, 2.75) is 6.54 Å². The number of nitrogens with zero attached hydrogens (tertiary/aromatic N) is 1. The quantitative estimate of drug-likeness (QED) is 0.237. The Kier molecular flexibility index (Phi) is 6.53. The lowest BCUT2D eigenvalue weighted by molar-refractivity contribution is -0.123. The second-order valence-corrected chi connectivity index (χ2v) is 8.77. The van der Waals surface area contributed by atoms with Crippen LogP contribution in [0.2, 0.25) is 0 Å². The minimum absolute atomic E-state index is 0.0762. The van der Waals surface area contributed by atoms with Crippen LogP contribution >= 0.6 is 27.7 Å². The van der Waals surface area contributed by atoms with Crippen molar-refractivity contribution in [2.75, 3.05) is 0 Å². The average Bonchev–Trinajstić information content (AvgIpc) is 3.04. The molecule has 0 saturated carbocycles. The van der Waals surface area contributed by atoms with Gasteiger partial charge < -0.3 is 4.74 Å². The maximum atomic E-state index is 13.1. The Labute approximate surface area is 196 Å². The number of rotatable bonds is 5. The molecule has 8 heteroatoms. The molecule has 0 N–H and O–H groups in total. The highest BCUT2D eigenvalue weighted by atomic mass is 79.9. The van der Waals surface area contributed by atoms with Gasteiger partial charge in [-0.15, -0.1) is 0 Å². The molecular weight excluding hydrogens is 497 g/mol. The zero-order valence-electron chi connectivity index (χ0n) is 16.5. The van der Waals surface area contributed by atoms with Crippen LogP contribution < -0.4 is 4.74 Å². The summed E-state index contributed by atoms with van der Waals surface area (Å²) in [5, 5.41) is -0.384. The van der Waals surface area contributed by atoms with Crippen LogP contribution in [-0.4, -0.2) is 22.0 Å². The Morgan fingerprint density at radius 3 is 2.44 bits per heavy atom. The number of hydrogen-bond acceptors (Lipinski definition) is 5. The van der Waals surface area contributed by atoms with Gasteiger partial charge in [-0.2, -0.15) is 0 Å².